The van der Waals surface area contributed by atoms with Crippen LogP contribution >= 0.6 is 11.6 Å². The predicted octanol–water partition coefficient (Wildman–Crippen LogP) is 3.60. The fraction of sp³-hybridized carbons (Fsp3) is 0.500. The molecule has 174 valence electrons. The lowest BCUT2D eigenvalue weighted by Gasteiger charge is -2.32. The summed E-state index contributed by atoms with van der Waals surface area (Å²) >= 11 is 6.07. The summed E-state index contributed by atoms with van der Waals surface area (Å²) in [6.45, 7) is 6.82. The number of rotatable bonds is 5. The van der Waals surface area contributed by atoms with Crippen LogP contribution in [0.1, 0.15) is 37.1 Å². The zero-order valence-electron chi connectivity index (χ0n) is 19.1. The third kappa shape index (κ3) is 4.42. The minimum atomic E-state index is -0.0854. The first-order valence-electron chi connectivity index (χ1n) is 11.6. The van der Waals surface area contributed by atoms with Gasteiger partial charge in [-0.1, -0.05) is 11.6 Å². The molecule has 2 saturated heterocycles. The molecule has 4 heterocycles. The molecule has 2 aromatic heterocycles. The van der Waals surface area contributed by atoms with Gasteiger partial charge in [-0.3, -0.25) is 4.79 Å². The maximum atomic E-state index is 12.9. The molecular formula is C24H29ClN6O2. The van der Waals surface area contributed by atoms with Gasteiger partial charge in [0.15, 0.2) is 5.82 Å². The van der Waals surface area contributed by atoms with E-state index in [1.807, 2.05) is 42.8 Å². The number of hydrogen-bond donors (Lipinski definition) is 1. The van der Waals surface area contributed by atoms with Crippen LogP contribution in [-0.2, 0) is 9.53 Å². The molecule has 1 amide bonds. The minimum Gasteiger partial charge on any atom is -0.376 e. The highest BCUT2D eigenvalue weighted by Gasteiger charge is 2.30. The van der Waals surface area contributed by atoms with Gasteiger partial charge in [0.25, 0.3) is 0 Å². The highest BCUT2D eigenvalue weighted by atomic mass is 35.5. The Balaban J connectivity index is 1.40. The Morgan fingerprint density at radius 2 is 2.00 bits per heavy atom. The van der Waals surface area contributed by atoms with E-state index in [1.54, 1.807) is 0 Å². The van der Waals surface area contributed by atoms with Gasteiger partial charge in [0.2, 0.25) is 5.91 Å². The monoisotopic (exact) mass is 468 g/mol. The highest BCUT2D eigenvalue weighted by molar-refractivity contribution is 6.30. The number of nitrogens with zero attached hydrogens (tertiary/aromatic N) is 5. The van der Waals surface area contributed by atoms with E-state index in [0.717, 1.165) is 72.6 Å². The molecule has 2 unspecified atom stereocenters. The molecule has 0 radical (unpaired) electrons. The summed E-state index contributed by atoms with van der Waals surface area (Å²) in [6.07, 6.45) is 4.03. The SMILES string of the molecule is Cc1nnc(N2CCCC(C(=O)NCC3CCCO3)C2)c2nn(-c3ccc(Cl)cc3)c(C)c12. The van der Waals surface area contributed by atoms with Gasteiger partial charge < -0.3 is 15.0 Å². The van der Waals surface area contributed by atoms with Crippen molar-refractivity contribution >= 4 is 34.2 Å². The number of aromatic nitrogens is 4. The van der Waals surface area contributed by atoms with Crippen LogP contribution < -0.4 is 10.2 Å². The van der Waals surface area contributed by atoms with Crippen LogP contribution in [0.4, 0.5) is 5.82 Å². The van der Waals surface area contributed by atoms with Crippen molar-refractivity contribution in [3.05, 3.63) is 40.7 Å². The van der Waals surface area contributed by atoms with Gasteiger partial charge in [0.05, 0.1) is 34.5 Å². The summed E-state index contributed by atoms with van der Waals surface area (Å²) in [6, 6.07) is 7.62. The van der Waals surface area contributed by atoms with Crippen LogP contribution in [0.5, 0.6) is 0 Å². The lowest BCUT2D eigenvalue weighted by molar-refractivity contribution is -0.125. The van der Waals surface area contributed by atoms with Crippen molar-refractivity contribution < 1.29 is 9.53 Å². The van der Waals surface area contributed by atoms with Gasteiger partial charge >= 0.3 is 0 Å². The molecule has 3 aromatic rings. The van der Waals surface area contributed by atoms with Crippen molar-refractivity contribution in [1.82, 2.24) is 25.3 Å². The molecule has 5 rings (SSSR count). The Morgan fingerprint density at radius 1 is 1.18 bits per heavy atom. The fourth-order valence-electron chi connectivity index (χ4n) is 4.91. The molecule has 2 aliphatic heterocycles. The zero-order valence-corrected chi connectivity index (χ0v) is 19.8. The van der Waals surface area contributed by atoms with E-state index < -0.39 is 0 Å². The van der Waals surface area contributed by atoms with E-state index in [4.69, 9.17) is 21.4 Å². The van der Waals surface area contributed by atoms with Gasteiger partial charge in [-0.2, -0.15) is 10.2 Å². The van der Waals surface area contributed by atoms with Gasteiger partial charge in [0.1, 0.15) is 5.52 Å². The second kappa shape index (κ2) is 9.27. The molecule has 0 bridgehead atoms. The second-order valence-corrected chi connectivity index (χ2v) is 9.41. The second-order valence-electron chi connectivity index (χ2n) is 8.97. The van der Waals surface area contributed by atoms with Crippen LogP contribution in [0.2, 0.25) is 5.02 Å². The molecule has 9 heteroatoms. The quantitative estimate of drug-likeness (QED) is 0.615. The summed E-state index contributed by atoms with van der Waals surface area (Å²) in [5, 5.41) is 18.7. The van der Waals surface area contributed by atoms with Crippen LogP contribution in [-0.4, -0.2) is 58.2 Å². The number of nitrogens with one attached hydrogen (secondary N) is 1. The van der Waals surface area contributed by atoms with Crippen LogP contribution in [0.3, 0.4) is 0 Å². The minimum absolute atomic E-state index is 0.0854. The molecule has 2 fully saturated rings. The first-order valence-corrected chi connectivity index (χ1v) is 12.0. The van der Waals surface area contributed by atoms with E-state index in [2.05, 4.69) is 20.4 Å². The number of amides is 1. The molecular weight excluding hydrogens is 440 g/mol. The van der Waals surface area contributed by atoms with Crippen molar-refractivity contribution in [2.24, 2.45) is 5.92 Å². The number of carbonyl (C=O) groups is 1. The molecule has 33 heavy (non-hydrogen) atoms. The Morgan fingerprint density at radius 3 is 2.76 bits per heavy atom. The average molecular weight is 469 g/mol. The molecule has 1 N–H and O–H groups in total. The summed E-state index contributed by atoms with van der Waals surface area (Å²) in [5.74, 6) is 0.746. The van der Waals surface area contributed by atoms with E-state index >= 15 is 0 Å². The fourth-order valence-corrected chi connectivity index (χ4v) is 5.03. The number of halogens is 1. The van der Waals surface area contributed by atoms with Crippen molar-refractivity contribution in [1.29, 1.82) is 0 Å². The van der Waals surface area contributed by atoms with E-state index in [-0.39, 0.29) is 17.9 Å². The van der Waals surface area contributed by atoms with Crippen molar-refractivity contribution in [3.8, 4) is 5.69 Å². The summed E-state index contributed by atoms with van der Waals surface area (Å²) in [4.78, 5) is 15.0. The number of piperidine rings is 1. The third-order valence-corrected chi connectivity index (χ3v) is 6.93. The zero-order chi connectivity index (χ0) is 22.9. The van der Waals surface area contributed by atoms with Gasteiger partial charge in [-0.25, -0.2) is 4.68 Å². The number of hydrogen-bond acceptors (Lipinski definition) is 6. The smallest absolute Gasteiger partial charge is 0.224 e. The first kappa shape index (κ1) is 22.1. The molecule has 8 nitrogen and oxygen atoms in total. The molecule has 2 aliphatic rings. The summed E-state index contributed by atoms with van der Waals surface area (Å²) in [7, 11) is 0. The Bertz CT molecular complexity index is 1160. The molecule has 1 aromatic carbocycles. The Hall–Kier alpha value is -2.71. The number of ether oxygens (including phenoxy) is 1. The predicted molar refractivity (Wildman–Crippen MR) is 128 cm³/mol. The van der Waals surface area contributed by atoms with E-state index in [0.29, 0.717) is 18.1 Å². The lowest BCUT2D eigenvalue weighted by Crippen LogP contribution is -2.45. The summed E-state index contributed by atoms with van der Waals surface area (Å²) < 4.78 is 7.55. The lowest BCUT2D eigenvalue weighted by atomic mass is 9.97. The number of aryl methyl sites for hydroxylation is 2. The number of carbonyl (C=O) groups excluding carboxylic acids is 1. The Labute approximate surface area is 198 Å². The summed E-state index contributed by atoms with van der Waals surface area (Å²) in [5.41, 5.74) is 3.59. The maximum Gasteiger partial charge on any atom is 0.224 e. The number of fused-ring (bicyclic) bond motifs is 1. The Kier molecular flexibility index (Phi) is 6.21. The van der Waals surface area contributed by atoms with Crippen LogP contribution in [0, 0.1) is 19.8 Å². The maximum absolute atomic E-state index is 12.9. The molecule has 2 atom stereocenters. The average Bonchev–Trinajstić information content (AvgIpc) is 3.47. The van der Waals surface area contributed by atoms with E-state index in [9.17, 15) is 4.79 Å². The number of benzene rings is 1. The van der Waals surface area contributed by atoms with Crippen LogP contribution in [0.15, 0.2) is 24.3 Å². The third-order valence-electron chi connectivity index (χ3n) is 6.68. The van der Waals surface area contributed by atoms with Crippen LogP contribution in [0.25, 0.3) is 16.6 Å². The normalized spacial score (nSPS) is 21.0. The topological polar surface area (TPSA) is 85.2 Å². The van der Waals surface area contributed by atoms with Crippen molar-refractivity contribution in [2.45, 2.75) is 45.6 Å². The van der Waals surface area contributed by atoms with Crippen molar-refractivity contribution in [2.75, 3.05) is 31.1 Å². The molecule has 0 saturated carbocycles. The van der Waals surface area contributed by atoms with Gasteiger partial charge in [-0.05, 0) is 63.8 Å². The highest BCUT2D eigenvalue weighted by Crippen LogP contribution is 2.31. The number of anilines is 1. The molecule has 0 spiro atoms. The standard InChI is InChI=1S/C24H29ClN6O2/c1-15-21-16(2)31(19-9-7-18(25)8-10-19)29-22(21)23(28-27-15)30-11-3-5-17(14-30)24(32)26-13-20-6-4-12-33-20/h7-10,17,20H,3-6,11-14H2,1-2H3,(H,26,32). The largest absolute Gasteiger partial charge is 0.376 e. The van der Waals surface area contributed by atoms with Gasteiger partial charge in [-0.15, -0.1) is 5.10 Å². The molecule has 0 aliphatic carbocycles. The van der Waals surface area contributed by atoms with E-state index in [1.165, 1.54) is 0 Å². The first-order chi connectivity index (χ1) is 16.0. The van der Waals surface area contributed by atoms with Gasteiger partial charge in [0, 0.05) is 31.3 Å². The van der Waals surface area contributed by atoms with Crippen molar-refractivity contribution in [3.63, 3.8) is 0 Å².